The Morgan fingerprint density at radius 2 is 1.88 bits per heavy atom. The normalized spacial score (nSPS) is 11.2. The van der Waals surface area contributed by atoms with Gasteiger partial charge in [-0.2, -0.15) is 0 Å². The molecule has 0 saturated heterocycles. The monoisotopic (exact) mass is 327 g/mol. The molecule has 0 bridgehead atoms. The van der Waals surface area contributed by atoms with Gasteiger partial charge < -0.3 is 9.47 Å². The van der Waals surface area contributed by atoms with E-state index in [2.05, 4.69) is 10.1 Å². The number of aromatic nitrogens is 3. The summed E-state index contributed by atoms with van der Waals surface area (Å²) < 4.78 is 12.1. The summed E-state index contributed by atoms with van der Waals surface area (Å²) in [5, 5.41) is 3.01. The number of hydrogen-bond acceptors (Lipinski definition) is 4. The minimum Gasteiger partial charge on any atom is -0.493 e. The number of H-pyrrole nitrogens is 1. The maximum Gasteiger partial charge on any atom is 0.276 e. The Kier molecular flexibility index (Phi) is 4.05. The fourth-order valence-corrected chi connectivity index (χ4v) is 3.02. The summed E-state index contributed by atoms with van der Waals surface area (Å²) in [6.07, 6.45) is 1.79. The fraction of sp³-hybridized carbons (Fsp3) is 0.333. The lowest BCUT2D eigenvalue weighted by molar-refractivity contribution is 0.355. The molecule has 6 heteroatoms. The van der Waals surface area contributed by atoms with Crippen molar-refractivity contribution in [3.8, 4) is 22.6 Å². The van der Waals surface area contributed by atoms with Crippen molar-refractivity contribution in [2.45, 2.75) is 26.7 Å². The summed E-state index contributed by atoms with van der Waals surface area (Å²) in [7, 11) is 3.19. The van der Waals surface area contributed by atoms with E-state index in [0.29, 0.717) is 17.1 Å². The van der Waals surface area contributed by atoms with E-state index in [0.717, 1.165) is 22.4 Å². The molecule has 3 rings (SSSR count). The van der Waals surface area contributed by atoms with Crippen molar-refractivity contribution < 1.29 is 9.47 Å². The highest BCUT2D eigenvalue weighted by atomic mass is 16.5. The number of aryl methyl sites for hydroxylation is 1. The van der Waals surface area contributed by atoms with Crippen molar-refractivity contribution in [3.63, 3.8) is 0 Å². The molecule has 0 aliphatic rings. The highest BCUT2D eigenvalue weighted by molar-refractivity contribution is 5.78. The lowest BCUT2D eigenvalue weighted by Gasteiger charge is -2.10. The average molecular weight is 327 g/mol. The number of benzene rings is 1. The van der Waals surface area contributed by atoms with Gasteiger partial charge in [-0.15, -0.1) is 0 Å². The van der Waals surface area contributed by atoms with E-state index in [1.54, 1.807) is 20.4 Å². The summed E-state index contributed by atoms with van der Waals surface area (Å²) in [5.41, 5.74) is 3.78. The van der Waals surface area contributed by atoms with Gasteiger partial charge in [0.1, 0.15) is 0 Å². The quantitative estimate of drug-likeness (QED) is 0.799. The molecule has 126 valence electrons. The summed E-state index contributed by atoms with van der Waals surface area (Å²) >= 11 is 0. The molecule has 0 radical (unpaired) electrons. The van der Waals surface area contributed by atoms with Gasteiger partial charge in [0.25, 0.3) is 5.56 Å². The second-order valence-electron chi connectivity index (χ2n) is 5.99. The number of methoxy groups -OCH3 is 2. The van der Waals surface area contributed by atoms with Gasteiger partial charge in [0.05, 0.1) is 14.2 Å². The fourth-order valence-electron chi connectivity index (χ4n) is 3.02. The van der Waals surface area contributed by atoms with E-state index >= 15 is 0 Å². The minimum absolute atomic E-state index is 0.0563. The predicted octanol–water partition coefficient (Wildman–Crippen LogP) is 3.14. The van der Waals surface area contributed by atoms with Crippen LogP contribution in [0.15, 0.2) is 29.2 Å². The highest BCUT2D eigenvalue weighted by Gasteiger charge is 2.17. The molecule has 0 fully saturated rings. The van der Waals surface area contributed by atoms with Gasteiger partial charge in [-0.1, -0.05) is 19.9 Å². The Morgan fingerprint density at radius 3 is 2.50 bits per heavy atom. The molecule has 0 amide bonds. The van der Waals surface area contributed by atoms with Crippen LogP contribution in [-0.4, -0.2) is 28.8 Å². The van der Waals surface area contributed by atoms with Gasteiger partial charge >= 0.3 is 0 Å². The van der Waals surface area contributed by atoms with Crippen LogP contribution in [0.2, 0.25) is 0 Å². The molecule has 24 heavy (non-hydrogen) atoms. The number of nitrogens with zero attached hydrogens (tertiary/aromatic N) is 2. The minimum atomic E-state index is -0.0563. The highest BCUT2D eigenvalue weighted by Crippen LogP contribution is 2.33. The van der Waals surface area contributed by atoms with Gasteiger partial charge in [-0.05, 0) is 30.5 Å². The molecule has 1 N–H and O–H groups in total. The molecule has 0 saturated carbocycles. The SMILES string of the molecule is COc1ccc(-c2c[nH]n3c(=O)c(C(C)C)c(C)nc23)cc1OC. The largest absolute Gasteiger partial charge is 0.493 e. The number of hydrogen-bond donors (Lipinski definition) is 1. The zero-order chi connectivity index (χ0) is 17.4. The topological polar surface area (TPSA) is 68.6 Å². The predicted molar refractivity (Wildman–Crippen MR) is 93.2 cm³/mol. The smallest absolute Gasteiger partial charge is 0.276 e. The molecule has 0 spiro atoms. The van der Waals surface area contributed by atoms with Gasteiger partial charge in [0.15, 0.2) is 17.1 Å². The van der Waals surface area contributed by atoms with Crippen LogP contribution in [0.1, 0.15) is 31.0 Å². The number of aromatic amines is 1. The van der Waals surface area contributed by atoms with Crippen LogP contribution in [0.3, 0.4) is 0 Å². The van der Waals surface area contributed by atoms with E-state index in [9.17, 15) is 4.79 Å². The molecule has 1 aromatic carbocycles. The van der Waals surface area contributed by atoms with Crippen molar-refractivity contribution in [1.82, 2.24) is 14.6 Å². The Balaban J connectivity index is 2.24. The van der Waals surface area contributed by atoms with Crippen LogP contribution in [0, 0.1) is 6.92 Å². The van der Waals surface area contributed by atoms with E-state index in [1.807, 2.05) is 39.0 Å². The Labute approximate surface area is 140 Å². The van der Waals surface area contributed by atoms with Crippen LogP contribution in [0.4, 0.5) is 0 Å². The summed E-state index contributed by atoms with van der Waals surface area (Å²) in [6, 6.07) is 5.63. The van der Waals surface area contributed by atoms with Crippen LogP contribution in [0.25, 0.3) is 16.8 Å². The van der Waals surface area contributed by atoms with Crippen LogP contribution >= 0.6 is 0 Å². The Hall–Kier alpha value is -2.76. The molecular weight excluding hydrogens is 306 g/mol. The first-order chi connectivity index (χ1) is 11.5. The molecule has 2 aromatic heterocycles. The van der Waals surface area contributed by atoms with Crippen molar-refractivity contribution in [1.29, 1.82) is 0 Å². The lowest BCUT2D eigenvalue weighted by Crippen LogP contribution is -2.22. The van der Waals surface area contributed by atoms with Crippen LogP contribution < -0.4 is 15.0 Å². The first kappa shape index (κ1) is 16.1. The maximum absolute atomic E-state index is 12.7. The van der Waals surface area contributed by atoms with E-state index in [1.165, 1.54) is 4.52 Å². The van der Waals surface area contributed by atoms with E-state index < -0.39 is 0 Å². The summed E-state index contributed by atoms with van der Waals surface area (Å²) in [5.74, 6) is 1.41. The van der Waals surface area contributed by atoms with Crippen molar-refractivity contribution in [3.05, 3.63) is 46.0 Å². The molecule has 0 unspecified atom stereocenters. The van der Waals surface area contributed by atoms with Crippen molar-refractivity contribution in [2.75, 3.05) is 14.2 Å². The zero-order valence-corrected chi connectivity index (χ0v) is 14.5. The number of ether oxygens (including phenoxy) is 2. The zero-order valence-electron chi connectivity index (χ0n) is 14.5. The first-order valence-electron chi connectivity index (χ1n) is 7.81. The third-order valence-corrected chi connectivity index (χ3v) is 4.16. The van der Waals surface area contributed by atoms with Crippen LogP contribution in [-0.2, 0) is 0 Å². The van der Waals surface area contributed by atoms with Gasteiger partial charge in [-0.3, -0.25) is 9.89 Å². The lowest BCUT2D eigenvalue weighted by atomic mass is 10.0. The standard InChI is InChI=1S/C18H21N3O3/c1-10(2)16-11(3)20-17-13(9-19-21(17)18(16)22)12-6-7-14(23-4)15(8-12)24-5/h6-10,19H,1-5H3. The summed E-state index contributed by atoms with van der Waals surface area (Å²) in [6.45, 7) is 5.87. The van der Waals surface area contributed by atoms with Gasteiger partial charge in [0.2, 0.25) is 0 Å². The molecule has 6 nitrogen and oxygen atoms in total. The molecule has 3 aromatic rings. The Morgan fingerprint density at radius 1 is 1.17 bits per heavy atom. The average Bonchev–Trinajstić information content (AvgIpc) is 2.97. The van der Waals surface area contributed by atoms with Crippen molar-refractivity contribution >= 4 is 5.65 Å². The Bertz CT molecular complexity index is 954. The molecule has 0 atom stereocenters. The molecule has 2 heterocycles. The number of rotatable bonds is 4. The van der Waals surface area contributed by atoms with Crippen LogP contribution in [0.5, 0.6) is 11.5 Å². The second-order valence-corrected chi connectivity index (χ2v) is 5.99. The number of fused-ring (bicyclic) bond motifs is 1. The van der Waals surface area contributed by atoms with E-state index in [-0.39, 0.29) is 11.5 Å². The molecular formula is C18H21N3O3. The van der Waals surface area contributed by atoms with Gasteiger partial charge in [-0.25, -0.2) is 9.50 Å². The maximum atomic E-state index is 12.7. The van der Waals surface area contributed by atoms with Gasteiger partial charge in [0, 0.05) is 23.0 Å². The second kappa shape index (κ2) is 6.03. The third-order valence-electron chi connectivity index (χ3n) is 4.16. The first-order valence-corrected chi connectivity index (χ1v) is 7.81. The molecule has 0 aliphatic carbocycles. The van der Waals surface area contributed by atoms with E-state index in [4.69, 9.17) is 9.47 Å². The summed E-state index contributed by atoms with van der Waals surface area (Å²) in [4.78, 5) is 17.4. The molecule has 0 aliphatic heterocycles. The third kappa shape index (κ3) is 2.44. The van der Waals surface area contributed by atoms with Crippen molar-refractivity contribution in [2.24, 2.45) is 0 Å². The number of nitrogens with one attached hydrogen (secondary N) is 1.